The third-order valence-corrected chi connectivity index (χ3v) is 5.39. The molecule has 0 saturated heterocycles. The Hall–Kier alpha value is -2.34. The Morgan fingerprint density at radius 2 is 2.33 bits per heavy atom. The zero-order chi connectivity index (χ0) is 16.4. The zero-order valence-electron chi connectivity index (χ0n) is 13.3. The second kappa shape index (κ2) is 6.65. The number of nitrogens with zero attached hydrogens (tertiary/aromatic N) is 2. The molecule has 0 aromatic carbocycles. The number of fused-ring (bicyclic) bond motifs is 1. The number of aromatic amines is 1. The fraction of sp³-hybridized carbons (Fsp3) is 0.333. The Kier molecular flexibility index (Phi) is 4.21. The second-order valence-corrected chi connectivity index (χ2v) is 7.20. The van der Waals surface area contributed by atoms with Gasteiger partial charge in [0, 0.05) is 16.5 Å². The molecule has 1 atom stereocenters. The van der Waals surface area contributed by atoms with Crippen LogP contribution in [0.4, 0.5) is 0 Å². The summed E-state index contributed by atoms with van der Waals surface area (Å²) in [5.41, 5.74) is 2.35. The Morgan fingerprint density at radius 1 is 1.38 bits per heavy atom. The first-order valence-corrected chi connectivity index (χ1v) is 9.02. The molecule has 0 fully saturated rings. The van der Waals surface area contributed by atoms with Gasteiger partial charge in [-0.2, -0.15) is 5.10 Å². The molecule has 3 aromatic rings. The number of amides is 1. The molecule has 0 bridgehead atoms. The topological polar surface area (TPSA) is 62.1 Å². The Labute approximate surface area is 144 Å². The highest BCUT2D eigenvalue weighted by molar-refractivity contribution is 7.09. The van der Waals surface area contributed by atoms with Crippen LogP contribution in [0.15, 0.2) is 46.5 Å². The zero-order valence-corrected chi connectivity index (χ0v) is 14.1. The van der Waals surface area contributed by atoms with Crippen LogP contribution in [-0.2, 0) is 30.7 Å². The first kappa shape index (κ1) is 15.2. The molecule has 3 heterocycles. The summed E-state index contributed by atoms with van der Waals surface area (Å²) >= 11 is 1.68. The van der Waals surface area contributed by atoms with Crippen molar-refractivity contribution in [3.63, 3.8) is 0 Å². The van der Waals surface area contributed by atoms with E-state index in [0.717, 1.165) is 25.0 Å². The van der Waals surface area contributed by atoms with Crippen molar-refractivity contribution >= 4 is 17.2 Å². The number of aryl methyl sites for hydroxylation is 1. The van der Waals surface area contributed by atoms with E-state index in [9.17, 15) is 4.79 Å². The van der Waals surface area contributed by atoms with Crippen LogP contribution in [-0.4, -0.2) is 21.0 Å². The largest absolute Gasteiger partial charge is 0.467 e. The average Bonchev–Trinajstić information content (AvgIpc) is 3.35. The van der Waals surface area contributed by atoms with Crippen molar-refractivity contribution in [2.24, 2.45) is 5.92 Å². The number of furan rings is 1. The maximum atomic E-state index is 13.1. The van der Waals surface area contributed by atoms with E-state index in [1.54, 1.807) is 17.6 Å². The van der Waals surface area contributed by atoms with Gasteiger partial charge in [-0.25, -0.2) is 0 Å². The SMILES string of the molecule is O=C([C@@H]1CCc2[nH]ncc2C1)N(Cc1ccco1)Cc1cccs1. The summed E-state index contributed by atoms with van der Waals surface area (Å²) in [5, 5.41) is 9.18. The first-order valence-electron chi connectivity index (χ1n) is 8.14. The van der Waals surface area contributed by atoms with E-state index in [2.05, 4.69) is 16.3 Å². The maximum Gasteiger partial charge on any atom is 0.226 e. The van der Waals surface area contributed by atoms with Crippen LogP contribution < -0.4 is 0 Å². The van der Waals surface area contributed by atoms with Crippen LogP contribution in [0, 0.1) is 5.92 Å². The number of nitrogens with one attached hydrogen (secondary N) is 1. The van der Waals surface area contributed by atoms with Crippen molar-refractivity contribution in [1.29, 1.82) is 0 Å². The molecule has 1 aliphatic rings. The van der Waals surface area contributed by atoms with Crippen molar-refractivity contribution in [2.45, 2.75) is 32.4 Å². The number of H-pyrrole nitrogens is 1. The Bertz CT molecular complexity index is 756. The quantitative estimate of drug-likeness (QED) is 0.774. The number of thiophene rings is 1. The molecule has 6 heteroatoms. The van der Waals surface area contributed by atoms with E-state index in [1.165, 1.54) is 16.1 Å². The lowest BCUT2D eigenvalue weighted by Gasteiger charge is -2.28. The molecule has 1 aliphatic carbocycles. The van der Waals surface area contributed by atoms with E-state index in [0.29, 0.717) is 13.1 Å². The van der Waals surface area contributed by atoms with Crippen LogP contribution >= 0.6 is 11.3 Å². The Balaban J connectivity index is 1.52. The molecular weight excluding hydrogens is 322 g/mol. The lowest BCUT2D eigenvalue weighted by molar-refractivity contribution is -0.137. The van der Waals surface area contributed by atoms with Crippen molar-refractivity contribution in [3.8, 4) is 0 Å². The molecule has 0 spiro atoms. The maximum absolute atomic E-state index is 13.1. The molecule has 3 aromatic heterocycles. The highest BCUT2D eigenvalue weighted by Gasteiger charge is 2.29. The van der Waals surface area contributed by atoms with Crippen molar-refractivity contribution in [2.75, 3.05) is 0 Å². The third kappa shape index (κ3) is 3.14. The van der Waals surface area contributed by atoms with Gasteiger partial charge in [-0.15, -0.1) is 11.3 Å². The fourth-order valence-corrected chi connectivity index (χ4v) is 4.00. The predicted octanol–water partition coefficient (Wildman–Crippen LogP) is 3.40. The minimum atomic E-state index is 0.0185. The molecule has 24 heavy (non-hydrogen) atoms. The van der Waals surface area contributed by atoms with Gasteiger partial charge in [-0.1, -0.05) is 6.07 Å². The summed E-state index contributed by atoms with van der Waals surface area (Å²) in [6.45, 7) is 1.14. The van der Waals surface area contributed by atoms with Gasteiger partial charge in [0.05, 0.1) is 25.5 Å². The molecule has 1 N–H and O–H groups in total. The molecule has 0 radical (unpaired) electrons. The normalized spacial score (nSPS) is 16.8. The average molecular weight is 341 g/mol. The molecule has 124 valence electrons. The number of hydrogen-bond donors (Lipinski definition) is 1. The van der Waals surface area contributed by atoms with Crippen LogP contribution in [0.1, 0.15) is 28.3 Å². The lowest BCUT2D eigenvalue weighted by Crippen LogP contribution is -2.37. The third-order valence-electron chi connectivity index (χ3n) is 4.53. The fourth-order valence-electron chi connectivity index (χ4n) is 3.28. The summed E-state index contributed by atoms with van der Waals surface area (Å²) in [4.78, 5) is 16.2. The van der Waals surface area contributed by atoms with Gasteiger partial charge >= 0.3 is 0 Å². The smallest absolute Gasteiger partial charge is 0.226 e. The van der Waals surface area contributed by atoms with E-state index < -0.39 is 0 Å². The van der Waals surface area contributed by atoms with Crippen LogP contribution in [0.2, 0.25) is 0 Å². The summed E-state index contributed by atoms with van der Waals surface area (Å²) in [6, 6.07) is 7.88. The summed E-state index contributed by atoms with van der Waals surface area (Å²) in [7, 11) is 0. The molecule has 4 rings (SSSR count). The molecule has 0 unspecified atom stereocenters. The van der Waals surface area contributed by atoms with Crippen molar-refractivity contribution < 1.29 is 9.21 Å². The minimum Gasteiger partial charge on any atom is -0.467 e. The van der Waals surface area contributed by atoms with Crippen LogP contribution in [0.25, 0.3) is 0 Å². The van der Waals surface area contributed by atoms with E-state index in [-0.39, 0.29) is 11.8 Å². The molecule has 0 aliphatic heterocycles. The molecule has 0 saturated carbocycles. The number of aromatic nitrogens is 2. The summed E-state index contributed by atoms with van der Waals surface area (Å²) in [6.07, 6.45) is 6.03. The number of hydrogen-bond acceptors (Lipinski definition) is 4. The van der Waals surface area contributed by atoms with Crippen LogP contribution in [0.5, 0.6) is 0 Å². The van der Waals surface area contributed by atoms with E-state index >= 15 is 0 Å². The monoisotopic (exact) mass is 341 g/mol. The van der Waals surface area contributed by atoms with Gasteiger partial charge in [0.25, 0.3) is 0 Å². The number of rotatable bonds is 5. The first-order chi connectivity index (χ1) is 11.8. The van der Waals surface area contributed by atoms with Gasteiger partial charge < -0.3 is 9.32 Å². The number of carbonyl (C=O) groups excluding carboxylic acids is 1. The van der Waals surface area contributed by atoms with Gasteiger partial charge in [0.1, 0.15) is 5.76 Å². The number of carbonyl (C=O) groups is 1. The second-order valence-electron chi connectivity index (χ2n) is 6.17. The van der Waals surface area contributed by atoms with Crippen LogP contribution in [0.3, 0.4) is 0 Å². The van der Waals surface area contributed by atoms with Gasteiger partial charge in [-0.3, -0.25) is 9.89 Å². The van der Waals surface area contributed by atoms with Gasteiger partial charge in [0.2, 0.25) is 5.91 Å². The standard InChI is InChI=1S/C18H19N3O2S/c22-18(13-5-6-17-14(9-13)10-19-20-17)21(11-15-3-1-7-23-15)12-16-4-2-8-24-16/h1-4,7-8,10,13H,5-6,9,11-12H2,(H,19,20)/t13-/m1/s1. The molecular formula is C18H19N3O2S. The van der Waals surface area contributed by atoms with E-state index in [1.807, 2.05) is 34.7 Å². The summed E-state index contributed by atoms with van der Waals surface area (Å²) in [5.74, 6) is 1.04. The minimum absolute atomic E-state index is 0.0185. The van der Waals surface area contributed by atoms with Gasteiger partial charge in [-0.05, 0) is 48.4 Å². The molecule has 1 amide bonds. The Morgan fingerprint density at radius 3 is 3.12 bits per heavy atom. The summed E-state index contributed by atoms with van der Waals surface area (Å²) < 4.78 is 5.46. The van der Waals surface area contributed by atoms with Gasteiger partial charge in [0.15, 0.2) is 0 Å². The predicted molar refractivity (Wildman–Crippen MR) is 91.4 cm³/mol. The van der Waals surface area contributed by atoms with E-state index in [4.69, 9.17) is 4.42 Å². The highest BCUT2D eigenvalue weighted by atomic mass is 32.1. The highest BCUT2D eigenvalue weighted by Crippen LogP contribution is 2.27. The van der Waals surface area contributed by atoms with Crippen molar-refractivity contribution in [1.82, 2.24) is 15.1 Å². The molecule has 5 nitrogen and oxygen atoms in total. The lowest BCUT2D eigenvalue weighted by atomic mass is 9.87. The van der Waals surface area contributed by atoms with Crippen molar-refractivity contribution in [3.05, 3.63) is 64.0 Å².